The van der Waals surface area contributed by atoms with Crippen molar-refractivity contribution in [3.8, 4) is 0 Å². The SMILES string of the molecule is CC(C)[C@H](N)C(=O)N[C@H](C=CC(=O)N1CCc2ccccc21)C1CC1. The third kappa shape index (κ3) is 4.10. The van der Waals surface area contributed by atoms with Gasteiger partial charge < -0.3 is 16.0 Å². The number of carbonyl (C=O) groups excluding carboxylic acids is 2. The van der Waals surface area contributed by atoms with E-state index in [4.69, 9.17) is 5.73 Å². The largest absolute Gasteiger partial charge is 0.348 e. The quantitative estimate of drug-likeness (QED) is 0.777. The van der Waals surface area contributed by atoms with Gasteiger partial charge in [0.15, 0.2) is 0 Å². The summed E-state index contributed by atoms with van der Waals surface area (Å²) < 4.78 is 0. The Kier molecular flexibility index (Phi) is 5.23. The van der Waals surface area contributed by atoms with Crippen molar-refractivity contribution in [3.63, 3.8) is 0 Å². The summed E-state index contributed by atoms with van der Waals surface area (Å²) in [7, 11) is 0. The highest BCUT2D eigenvalue weighted by atomic mass is 16.2. The minimum absolute atomic E-state index is 0.0296. The van der Waals surface area contributed by atoms with E-state index in [0.717, 1.165) is 24.9 Å². The number of amides is 2. The number of hydrogen-bond donors (Lipinski definition) is 2. The molecule has 134 valence electrons. The zero-order valence-electron chi connectivity index (χ0n) is 14.9. The van der Waals surface area contributed by atoms with Crippen LogP contribution in [0, 0.1) is 11.8 Å². The molecule has 1 aromatic carbocycles. The van der Waals surface area contributed by atoms with Crippen molar-refractivity contribution in [2.24, 2.45) is 17.6 Å². The number of nitrogens with zero attached hydrogens (tertiary/aromatic N) is 1. The van der Waals surface area contributed by atoms with Crippen LogP contribution in [-0.2, 0) is 16.0 Å². The first-order valence-corrected chi connectivity index (χ1v) is 9.11. The molecule has 2 aliphatic rings. The molecule has 0 spiro atoms. The molecule has 25 heavy (non-hydrogen) atoms. The molecule has 5 nitrogen and oxygen atoms in total. The zero-order chi connectivity index (χ0) is 18.0. The van der Waals surface area contributed by atoms with E-state index in [1.165, 1.54) is 5.56 Å². The molecule has 2 amide bonds. The van der Waals surface area contributed by atoms with Crippen LogP contribution in [0.5, 0.6) is 0 Å². The lowest BCUT2D eigenvalue weighted by Crippen LogP contribution is -2.48. The minimum atomic E-state index is -0.518. The lowest BCUT2D eigenvalue weighted by molar-refractivity contribution is -0.123. The average Bonchev–Trinajstić information content (AvgIpc) is 3.35. The molecule has 3 rings (SSSR count). The van der Waals surface area contributed by atoms with Gasteiger partial charge in [-0.25, -0.2) is 0 Å². The normalized spacial score (nSPS) is 19.1. The standard InChI is InChI=1S/C20H27N3O2/c1-13(2)19(21)20(25)22-16(14-7-8-14)9-10-18(24)23-12-11-15-5-3-4-6-17(15)23/h3-6,9-10,13-14,16,19H,7-8,11-12,21H2,1-2H3,(H,22,25)/t16-,19+/m1/s1. The van der Waals surface area contributed by atoms with Crippen LogP contribution in [0.3, 0.4) is 0 Å². The van der Waals surface area contributed by atoms with Gasteiger partial charge in [-0.05, 0) is 42.7 Å². The second kappa shape index (κ2) is 7.40. The van der Waals surface area contributed by atoms with Crippen LogP contribution in [0.1, 0.15) is 32.3 Å². The van der Waals surface area contributed by atoms with E-state index in [2.05, 4.69) is 11.4 Å². The molecule has 1 aliphatic carbocycles. The Morgan fingerprint density at radius 2 is 2.00 bits per heavy atom. The minimum Gasteiger partial charge on any atom is -0.348 e. The van der Waals surface area contributed by atoms with Crippen molar-refractivity contribution >= 4 is 17.5 Å². The van der Waals surface area contributed by atoms with Crippen LogP contribution in [0.25, 0.3) is 0 Å². The molecule has 0 radical (unpaired) electrons. The van der Waals surface area contributed by atoms with Crippen LogP contribution in [0.4, 0.5) is 5.69 Å². The summed E-state index contributed by atoms with van der Waals surface area (Å²) in [6, 6.07) is 7.37. The predicted molar refractivity (Wildman–Crippen MR) is 99.1 cm³/mol. The van der Waals surface area contributed by atoms with Gasteiger partial charge in [0.1, 0.15) is 0 Å². The third-order valence-corrected chi connectivity index (χ3v) is 5.06. The first-order chi connectivity index (χ1) is 12.0. The van der Waals surface area contributed by atoms with Gasteiger partial charge in [0.2, 0.25) is 5.91 Å². The fraction of sp³-hybridized carbons (Fsp3) is 0.500. The summed E-state index contributed by atoms with van der Waals surface area (Å²) in [6.07, 6.45) is 6.49. The molecule has 3 N–H and O–H groups in total. The lowest BCUT2D eigenvalue weighted by atomic mass is 10.0. The lowest BCUT2D eigenvalue weighted by Gasteiger charge is -2.20. The van der Waals surface area contributed by atoms with E-state index < -0.39 is 6.04 Å². The fourth-order valence-electron chi connectivity index (χ4n) is 3.18. The highest BCUT2D eigenvalue weighted by Gasteiger charge is 2.32. The van der Waals surface area contributed by atoms with Crippen LogP contribution in [0.15, 0.2) is 36.4 Å². The Balaban J connectivity index is 1.64. The first-order valence-electron chi connectivity index (χ1n) is 9.11. The smallest absolute Gasteiger partial charge is 0.250 e. The van der Waals surface area contributed by atoms with Gasteiger partial charge in [-0.15, -0.1) is 0 Å². The number of fused-ring (bicyclic) bond motifs is 1. The Labute approximate surface area is 149 Å². The summed E-state index contributed by atoms with van der Waals surface area (Å²) in [4.78, 5) is 26.6. The predicted octanol–water partition coefficient (Wildman–Crippen LogP) is 2.01. The zero-order valence-corrected chi connectivity index (χ0v) is 14.9. The van der Waals surface area contributed by atoms with Crippen molar-refractivity contribution in [2.45, 2.75) is 45.2 Å². The summed E-state index contributed by atoms with van der Waals surface area (Å²) in [5.74, 6) is 0.332. The van der Waals surface area contributed by atoms with Crippen molar-refractivity contribution in [3.05, 3.63) is 42.0 Å². The summed E-state index contributed by atoms with van der Waals surface area (Å²) >= 11 is 0. The van der Waals surface area contributed by atoms with Crippen LogP contribution >= 0.6 is 0 Å². The Morgan fingerprint density at radius 1 is 1.28 bits per heavy atom. The number of nitrogens with one attached hydrogen (secondary N) is 1. The topological polar surface area (TPSA) is 75.4 Å². The summed E-state index contributed by atoms with van der Waals surface area (Å²) in [6.45, 7) is 4.57. The maximum absolute atomic E-state index is 12.6. The number of anilines is 1. The first kappa shape index (κ1) is 17.7. The molecule has 0 aromatic heterocycles. The van der Waals surface area contributed by atoms with E-state index in [-0.39, 0.29) is 23.8 Å². The van der Waals surface area contributed by atoms with E-state index in [9.17, 15) is 9.59 Å². The van der Waals surface area contributed by atoms with Gasteiger partial charge >= 0.3 is 0 Å². The van der Waals surface area contributed by atoms with E-state index >= 15 is 0 Å². The van der Waals surface area contributed by atoms with E-state index in [1.807, 2.05) is 38.1 Å². The number of para-hydroxylation sites is 1. The second-order valence-corrected chi connectivity index (χ2v) is 7.37. The molecule has 0 saturated heterocycles. The number of rotatable bonds is 6. The number of benzene rings is 1. The molecular weight excluding hydrogens is 314 g/mol. The Hall–Kier alpha value is -2.14. The van der Waals surface area contributed by atoms with Gasteiger partial charge in [0.25, 0.3) is 5.91 Å². The van der Waals surface area contributed by atoms with Gasteiger partial charge in [0.05, 0.1) is 12.1 Å². The van der Waals surface area contributed by atoms with E-state index in [0.29, 0.717) is 12.5 Å². The van der Waals surface area contributed by atoms with Crippen molar-refractivity contribution in [2.75, 3.05) is 11.4 Å². The monoisotopic (exact) mass is 341 g/mol. The summed E-state index contributed by atoms with van der Waals surface area (Å²) in [5, 5.41) is 3.00. The van der Waals surface area contributed by atoms with Gasteiger partial charge in [-0.2, -0.15) is 0 Å². The van der Waals surface area contributed by atoms with Gasteiger partial charge in [-0.3, -0.25) is 9.59 Å². The molecule has 5 heteroatoms. The fourth-order valence-corrected chi connectivity index (χ4v) is 3.18. The molecule has 1 aromatic rings. The molecule has 1 fully saturated rings. The second-order valence-electron chi connectivity index (χ2n) is 7.37. The number of nitrogens with two attached hydrogens (primary N) is 1. The van der Waals surface area contributed by atoms with Crippen molar-refractivity contribution < 1.29 is 9.59 Å². The highest BCUT2D eigenvalue weighted by Crippen LogP contribution is 2.33. The Morgan fingerprint density at radius 3 is 2.68 bits per heavy atom. The molecule has 2 atom stereocenters. The molecule has 1 saturated carbocycles. The third-order valence-electron chi connectivity index (χ3n) is 5.06. The van der Waals surface area contributed by atoms with Crippen molar-refractivity contribution in [1.29, 1.82) is 0 Å². The maximum atomic E-state index is 12.6. The highest BCUT2D eigenvalue weighted by molar-refractivity contribution is 6.03. The molecule has 1 heterocycles. The maximum Gasteiger partial charge on any atom is 0.250 e. The van der Waals surface area contributed by atoms with Crippen LogP contribution < -0.4 is 16.0 Å². The van der Waals surface area contributed by atoms with Crippen LogP contribution in [0.2, 0.25) is 0 Å². The number of hydrogen-bond acceptors (Lipinski definition) is 3. The molecule has 0 bridgehead atoms. The molecular formula is C20H27N3O2. The average molecular weight is 341 g/mol. The van der Waals surface area contributed by atoms with Gasteiger partial charge in [-0.1, -0.05) is 38.1 Å². The van der Waals surface area contributed by atoms with Crippen LogP contribution in [-0.4, -0.2) is 30.4 Å². The Bertz CT molecular complexity index is 679. The summed E-state index contributed by atoms with van der Waals surface area (Å²) in [5.41, 5.74) is 8.13. The van der Waals surface area contributed by atoms with Gasteiger partial charge in [0, 0.05) is 18.3 Å². The van der Waals surface area contributed by atoms with E-state index in [1.54, 1.807) is 11.0 Å². The number of carbonyl (C=O) groups is 2. The molecule has 0 unspecified atom stereocenters. The molecule has 1 aliphatic heterocycles. The van der Waals surface area contributed by atoms with Crippen molar-refractivity contribution in [1.82, 2.24) is 5.32 Å².